The van der Waals surface area contributed by atoms with Crippen molar-refractivity contribution in [3.63, 3.8) is 0 Å². The van der Waals surface area contributed by atoms with Gasteiger partial charge in [0.25, 0.3) is 0 Å². The number of aliphatic imine (C=N–C) groups is 1. The van der Waals surface area contributed by atoms with Gasteiger partial charge in [-0.15, -0.1) is 0 Å². The second-order valence-corrected chi connectivity index (χ2v) is 3.82. The average Bonchev–Trinajstić information content (AvgIpc) is 2.18. The summed E-state index contributed by atoms with van der Waals surface area (Å²) in [6.07, 6.45) is 3.74. The molecule has 0 N–H and O–H groups in total. The highest BCUT2D eigenvalue weighted by molar-refractivity contribution is 5.95. The largest absolute Gasteiger partial charge is 0.467 e. The summed E-state index contributed by atoms with van der Waals surface area (Å²) in [4.78, 5) is 4.21. The van der Waals surface area contributed by atoms with Crippen molar-refractivity contribution < 1.29 is 4.74 Å². The Kier molecular flexibility index (Phi) is 2.12. The summed E-state index contributed by atoms with van der Waals surface area (Å²) < 4.78 is 5.72. The van der Waals surface area contributed by atoms with E-state index in [0.29, 0.717) is 5.90 Å². The van der Waals surface area contributed by atoms with Crippen LogP contribution in [-0.2, 0) is 4.74 Å². The van der Waals surface area contributed by atoms with E-state index in [1.165, 1.54) is 0 Å². The van der Waals surface area contributed by atoms with E-state index in [-0.39, 0.29) is 5.60 Å². The number of nitrogens with zero attached hydrogens (tertiary/aromatic N) is 1. The maximum Gasteiger partial charge on any atom is 0.221 e. The summed E-state index contributed by atoms with van der Waals surface area (Å²) in [5.74, 6) is 0.693. The molecular weight excluding hydrogens is 174 g/mol. The normalized spacial score (nSPS) is 18.6. The number of ether oxygens (including phenoxy) is 1. The van der Waals surface area contributed by atoms with E-state index in [4.69, 9.17) is 4.74 Å². The molecule has 0 radical (unpaired) electrons. The summed E-state index contributed by atoms with van der Waals surface area (Å²) in [5, 5.41) is 0. The van der Waals surface area contributed by atoms with Crippen LogP contribution in [0.15, 0.2) is 47.6 Å². The van der Waals surface area contributed by atoms with Crippen LogP contribution in [-0.4, -0.2) is 11.5 Å². The van der Waals surface area contributed by atoms with E-state index in [2.05, 4.69) is 4.99 Å². The van der Waals surface area contributed by atoms with Crippen molar-refractivity contribution in [1.29, 1.82) is 0 Å². The van der Waals surface area contributed by atoms with Crippen LogP contribution in [0, 0.1) is 0 Å². The van der Waals surface area contributed by atoms with Gasteiger partial charge in [0, 0.05) is 11.8 Å². The lowest BCUT2D eigenvalue weighted by molar-refractivity contribution is 0.144. The predicted octanol–water partition coefficient (Wildman–Crippen LogP) is 2.76. The molecule has 0 aromatic heterocycles. The first-order chi connectivity index (χ1) is 6.67. The van der Waals surface area contributed by atoms with E-state index in [0.717, 1.165) is 5.56 Å². The minimum absolute atomic E-state index is 0.257. The molecular formula is C12H13NO. The van der Waals surface area contributed by atoms with Crippen LogP contribution in [0.25, 0.3) is 0 Å². The molecule has 2 heteroatoms. The van der Waals surface area contributed by atoms with Crippen LogP contribution in [0.4, 0.5) is 0 Å². The van der Waals surface area contributed by atoms with Crippen LogP contribution < -0.4 is 0 Å². The fraction of sp³-hybridized carbons (Fsp3) is 0.250. The monoisotopic (exact) mass is 187 g/mol. The maximum atomic E-state index is 5.72. The predicted molar refractivity (Wildman–Crippen MR) is 57.3 cm³/mol. The third-order valence-electron chi connectivity index (χ3n) is 2.05. The van der Waals surface area contributed by atoms with E-state index in [1.54, 1.807) is 6.20 Å². The Morgan fingerprint density at radius 1 is 1.14 bits per heavy atom. The molecule has 0 amide bonds. The van der Waals surface area contributed by atoms with Gasteiger partial charge >= 0.3 is 0 Å². The molecule has 1 aromatic carbocycles. The number of hydrogen-bond donors (Lipinski definition) is 0. The average molecular weight is 187 g/mol. The van der Waals surface area contributed by atoms with Gasteiger partial charge in [-0.3, -0.25) is 0 Å². The van der Waals surface area contributed by atoms with E-state index < -0.39 is 0 Å². The molecule has 0 aliphatic carbocycles. The van der Waals surface area contributed by atoms with Crippen molar-refractivity contribution in [3.8, 4) is 0 Å². The summed E-state index contributed by atoms with van der Waals surface area (Å²) in [6, 6.07) is 9.93. The fourth-order valence-electron chi connectivity index (χ4n) is 1.31. The zero-order valence-corrected chi connectivity index (χ0v) is 8.40. The Labute approximate surface area is 83.9 Å². The zero-order valence-electron chi connectivity index (χ0n) is 8.40. The first kappa shape index (κ1) is 9.00. The molecule has 1 aliphatic rings. The van der Waals surface area contributed by atoms with Gasteiger partial charge in [-0.1, -0.05) is 18.2 Å². The van der Waals surface area contributed by atoms with Gasteiger partial charge in [0.1, 0.15) is 5.60 Å². The van der Waals surface area contributed by atoms with Crippen molar-refractivity contribution >= 4 is 5.90 Å². The molecule has 0 fully saturated rings. The van der Waals surface area contributed by atoms with Crippen molar-refractivity contribution in [2.75, 3.05) is 0 Å². The Morgan fingerprint density at radius 3 is 2.50 bits per heavy atom. The van der Waals surface area contributed by atoms with Crippen LogP contribution >= 0.6 is 0 Å². The Morgan fingerprint density at radius 2 is 1.86 bits per heavy atom. The van der Waals surface area contributed by atoms with Crippen molar-refractivity contribution in [1.82, 2.24) is 0 Å². The molecule has 2 rings (SSSR count). The fourth-order valence-corrected chi connectivity index (χ4v) is 1.31. The van der Waals surface area contributed by atoms with Gasteiger partial charge in [-0.2, -0.15) is 0 Å². The molecule has 1 aliphatic heterocycles. The molecule has 14 heavy (non-hydrogen) atoms. The summed E-state index contributed by atoms with van der Waals surface area (Å²) in [7, 11) is 0. The highest BCUT2D eigenvalue weighted by atomic mass is 16.5. The van der Waals surface area contributed by atoms with Gasteiger partial charge < -0.3 is 4.74 Å². The van der Waals surface area contributed by atoms with Crippen LogP contribution in [0.5, 0.6) is 0 Å². The zero-order chi connectivity index (χ0) is 10.0. The standard InChI is InChI=1S/C12H13NO/c1-12(2)8-9-13-11(14-12)10-6-4-3-5-7-10/h3-9H,1-2H3. The van der Waals surface area contributed by atoms with Gasteiger partial charge in [-0.25, -0.2) is 4.99 Å². The highest BCUT2D eigenvalue weighted by Crippen LogP contribution is 2.19. The first-order valence-electron chi connectivity index (χ1n) is 4.67. The van der Waals surface area contributed by atoms with Gasteiger partial charge in [-0.05, 0) is 32.1 Å². The molecule has 1 heterocycles. The lowest BCUT2D eigenvalue weighted by Gasteiger charge is -2.25. The smallest absolute Gasteiger partial charge is 0.221 e. The number of hydrogen-bond acceptors (Lipinski definition) is 2. The molecule has 2 nitrogen and oxygen atoms in total. The minimum atomic E-state index is -0.257. The van der Waals surface area contributed by atoms with E-state index in [1.807, 2.05) is 50.3 Å². The lowest BCUT2D eigenvalue weighted by Crippen LogP contribution is -2.28. The Hall–Kier alpha value is -1.57. The van der Waals surface area contributed by atoms with E-state index >= 15 is 0 Å². The molecule has 0 unspecified atom stereocenters. The summed E-state index contributed by atoms with van der Waals surface area (Å²) >= 11 is 0. The third-order valence-corrected chi connectivity index (χ3v) is 2.05. The lowest BCUT2D eigenvalue weighted by atomic mass is 10.1. The van der Waals surface area contributed by atoms with Gasteiger partial charge in [0.05, 0.1) is 0 Å². The molecule has 0 saturated carbocycles. The summed E-state index contributed by atoms with van der Waals surface area (Å²) in [6.45, 7) is 4.03. The van der Waals surface area contributed by atoms with Crippen molar-refractivity contribution in [2.45, 2.75) is 19.4 Å². The second kappa shape index (κ2) is 3.29. The van der Waals surface area contributed by atoms with Crippen molar-refractivity contribution in [3.05, 3.63) is 48.2 Å². The molecule has 0 spiro atoms. The minimum Gasteiger partial charge on any atom is -0.467 e. The van der Waals surface area contributed by atoms with E-state index in [9.17, 15) is 0 Å². The third kappa shape index (κ3) is 1.84. The maximum absolute atomic E-state index is 5.72. The Bertz CT molecular complexity index is 377. The van der Waals surface area contributed by atoms with Gasteiger partial charge in [0.15, 0.2) is 0 Å². The quantitative estimate of drug-likeness (QED) is 0.662. The molecule has 0 bridgehead atoms. The topological polar surface area (TPSA) is 21.6 Å². The number of rotatable bonds is 1. The van der Waals surface area contributed by atoms with Crippen LogP contribution in [0.3, 0.4) is 0 Å². The summed E-state index contributed by atoms with van der Waals surface area (Å²) in [5.41, 5.74) is 0.761. The first-order valence-corrected chi connectivity index (χ1v) is 4.67. The van der Waals surface area contributed by atoms with Crippen molar-refractivity contribution in [2.24, 2.45) is 4.99 Å². The SMILES string of the molecule is CC1(C)C=CN=C(c2ccccc2)O1. The Balaban J connectivity index is 2.30. The second-order valence-electron chi connectivity index (χ2n) is 3.82. The number of benzene rings is 1. The van der Waals surface area contributed by atoms with Gasteiger partial charge in [0.2, 0.25) is 5.90 Å². The molecule has 0 saturated heterocycles. The molecule has 0 atom stereocenters. The molecule has 1 aromatic rings. The molecule has 72 valence electrons. The van der Waals surface area contributed by atoms with Crippen LogP contribution in [0.1, 0.15) is 19.4 Å². The highest BCUT2D eigenvalue weighted by Gasteiger charge is 2.21. The van der Waals surface area contributed by atoms with Crippen LogP contribution in [0.2, 0.25) is 0 Å².